The fraction of sp³-hybridized carbons (Fsp3) is 0.385. The number of para-hydroxylation sites is 1. The number of rotatable bonds is 6. The zero-order valence-electron chi connectivity index (χ0n) is 17.7. The van der Waals surface area contributed by atoms with Gasteiger partial charge in [-0.25, -0.2) is 0 Å². The van der Waals surface area contributed by atoms with Gasteiger partial charge >= 0.3 is 0 Å². The van der Waals surface area contributed by atoms with E-state index in [0.29, 0.717) is 6.54 Å². The van der Waals surface area contributed by atoms with Crippen LogP contribution in [0.5, 0.6) is 11.5 Å². The molecule has 0 radical (unpaired) electrons. The third-order valence-electron chi connectivity index (χ3n) is 6.31. The molecule has 5 nitrogen and oxygen atoms in total. The van der Waals surface area contributed by atoms with Crippen LogP contribution in [0, 0.1) is 0 Å². The Bertz CT molecular complexity index is 1060. The van der Waals surface area contributed by atoms with Gasteiger partial charge < -0.3 is 24.6 Å². The van der Waals surface area contributed by atoms with E-state index in [1.165, 1.54) is 5.56 Å². The summed E-state index contributed by atoms with van der Waals surface area (Å²) in [6.07, 6.45) is 1.70. The number of ether oxygens (including phenoxy) is 2. The lowest BCUT2D eigenvalue weighted by Gasteiger charge is -2.30. The summed E-state index contributed by atoms with van der Waals surface area (Å²) < 4.78 is 12.0. The predicted octanol–water partition coefficient (Wildman–Crippen LogP) is 3.64. The Balaban J connectivity index is 1.37. The molecule has 1 atom stereocenters. The Hall–Kier alpha value is -2.60. The van der Waals surface area contributed by atoms with E-state index in [4.69, 9.17) is 9.47 Å². The Kier molecular flexibility index (Phi) is 5.81. The molecule has 31 heavy (non-hydrogen) atoms. The topological polar surface area (TPSA) is 62.2 Å². The van der Waals surface area contributed by atoms with Gasteiger partial charge in [-0.3, -0.25) is 0 Å². The van der Waals surface area contributed by atoms with Crippen molar-refractivity contribution >= 4 is 10.8 Å². The lowest BCUT2D eigenvalue weighted by Crippen LogP contribution is -2.41. The molecule has 0 aromatic heterocycles. The van der Waals surface area contributed by atoms with Crippen molar-refractivity contribution in [1.82, 2.24) is 4.90 Å². The highest BCUT2D eigenvalue weighted by atomic mass is 16.5. The Morgan fingerprint density at radius 1 is 1.03 bits per heavy atom. The maximum absolute atomic E-state index is 10.5. The van der Waals surface area contributed by atoms with Gasteiger partial charge in [-0.1, -0.05) is 42.5 Å². The van der Waals surface area contributed by atoms with Gasteiger partial charge in [-0.2, -0.15) is 0 Å². The molecule has 1 saturated heterocycles. The molecule has 1 fully saturated rings. The maximum Gasteiger partial charge on any atom is 0.130 e. The van der Waals surface area contributed by atoms with Crippen LogP contribution in [0.25, 0.3) is 21.9 Å². The third-order valence-corrected chi connectivity index (χ3v) is 6.31. The Morgan fingerprint density at radius 3 is 2.74 bits per heavy atom. The molecule has 0 amide bonds. The van der Waals surface area contributed by atoms with Gasteiger partial charge in [0, 0.05) is 31.6 Å². The molecule has 0 saturated carbocycles. The minimum atomic E-state index is -0.575. The average Bonchev–Trinajstić information content (AvgIpc) is 3.28. The van der Waals surface area contributed by atoms with Crippen LogP contribution in [0.15, 0.2) is 54.6 Å². The third kappa shape index (κ3) is 4.40. The largest absolute Gasteiger partial charge is 0.492 e. The van der Waals surface area contributed by atoms with Gasteiger partial charge in [0.2, 0.25) is 0 Å². The molecule has 1 unspecified atom stereocenters. The first kappa shape index (κ1) is 20.3. The van der Waals surface area contributed by atoms with E-state index in [-0.39, 0.29) is 12.7 Å². The van der Waals surface area contributed by atoms with E-state index < -0.39 is 6.10 Å². The van der Waals surface area contributed by atoms with Gasteiger partial charge in [-0.15, -0.1) is 0 Å². The number of β-amino-alcohol motifs (C(OH)–C–C–N with tert-alkyl or cyclic N) is 1. The number of hydrogen-bond donors (Lipinski definition) is 2. The molecule has 5 rings (SSSR count). The Labute approximate surface area is 182 Å². The highest BCUT2D eigenvalue weighted by Crippen LogP contribution is 2.41. The average molecular weight is 420 g/mol. The number of aliphatic hydroxyl groups is 2. The van der Waals surface area contributed by atoms with E-state index in [1.54, 1.807) is 0 Å². The van der Waals surface area contributed by atoms with Crippen LogP contribution < -0.4 is 9.47 Å². The molecule has 0 spiro atoms. The first-order valence-electron chi connectivity index (χ1n) is 11.2. The zero-order chi connectivity index (χ0) is 21.2. The zero-order valence-corrected chi connectivity index (χ0v) is 17.7. The lowest BCUT2D eigenvalue weighted by atomic mass is 9.95. The van der Waals surface area contributed by atoms with Crippen molar-refractivity contribution in [2.75, 3.05) is 32.8 Å². The van der Waals surface area contributed by atoms with Crippen LogP contribution in [-0.2, 0) is 6.42 Å². The molecule has 3 aromatic carbocycles. The summed E-state index contributed by atoms with van der Waals surface area (Å²) in [7, 11) is 0. The monoisotopic (exact) mass is 419 g/mol. The molecule has 3 aromatic rings. The first-order valence-corrected chi connectivity index (χ1v) is 11.2. The first-order chi connectivity index (χ1) is 15.2. The molecule has 2 N–H and O–H groups in total. The number of fused-ring (bicyclic) bond motifs is 2. The molecule has 0 bridgehead atoms. The van der Waals surface area contributed by atoms with Crippen molar-refractivity contribution in [3.63, 3.8) is 0 Å². The SMILES string of the molecule is OC1CCN(CC(O)COc2cc(-c3cccc4c3OCC4)c3ccccc3c2)CC1. The summed E-state index contributed by atoms with van der Waals surface area (Å²) in [5, 5.41) is 22.4. The molecule has 2 aliphatic heterocycles. The van der Waals surface area contributed by atoms with Crippen LogP contribution in [0.3, 0.4) is 0 Å². The molecular formula is C26H29NO4. The lowest BCUT2D eigenvalue weighted by molar-refractivity contribution is 0.0338. The highest BCUT2D eigenvalue weighted by molar-refractivity contribution is 5.99. The summed E-state index contributed by atoms with van der Waals surface area (Å²) in [5.41, 5.74) is 3.42. The van der Waals surface area contributed by atoms with Crippen LogP contribution in [0.2, 0.25) is 0 Å². The van der Waals surface area contributed by atoms with Crippen LogP contribution in [0.1, 0.15) is 18.4 Å². The molecule has 5 heteroatoms. The van der Waals surface area contributed by atoms with Gasteiger partial charge in [0.1, 0.15) is 24.2 Å². The van der Waals surface area contributed by atoms with Crippen molar-refractivity contribution < 1.29 is 19.7 Å². The summed E-state index contributed by atoms with van der Waals surface area (Å²) in [5.74, 6) is 1.72. The molecule has 2 aliphatic rings. The van der Waals surface area contributed by atoms with Crippen LogP contribution in [-0.4, -0.2) is 60.2 Å². The number of likely N-dealkylation sites (tertiary alicyclic amines) is 1. The summed E-state index contributed by atoms with van der Waals surface area (Å²) in [6.45, 7) is 3.16. The van der Waals surface area contributed by atoms with Crippen molar-refractivity contribution in [3.05, 3.63) is 60.2 Å². The Morgan fingerprint density at radius 2 is 1.87 bits per heavy atom. The number of benzene rings is 3. The van der Waals surface area contributed by atoms with E-state index in [9.17, 15) is 10.2 Å². The summed E-state index contributed by atoms with van der Waals surface area (Å²) in [4.78, 5) is 2.19. The van der Waals surface area contributed by atoms with E-state index in [1.807, 2.05) is 12.1 Å². The maximum atomic E-state index is 10.5. The number of nitrogens with zero attached hydrogens (tertiary/aromatic N) is 1. The van der Waals surface area contributed by atoms with Crippen LogP contribution in [0.4, 0.5) is 0 Å². The van der Waals surface area contributed by atoms with Crippen molar-refractivity contribution in [1.29, 1.82) is 0 Å². The molecule has 2 heterocycles. The second kappa shape index (κ2) is 8.87. The summed E-state index contributed by atoms with van der Waals surface area (Å²) in [6, 6.07) is 18.7. The normalized spacial score (nSPS) is 18.0. The standard InChI is InChI=1S/C26H29NO4/c28-20-8-11-27(12-9-20)16-21(29)17-31-22-14-19-4-1-2-6-23(19)25(15-22)24-7-3-5-18-10-13-30-26(18)24/h1-7,14-15,20-21,28-29H,8-13,16-17H2. The second-order valence-electron chi connectivity index (χ2n) is 8.58. The van der Waals surface area contributed by atoms with Crippen molar-refractivity contribution in [2.45, 2.75) is 31.5 Å². The van der Waals surface area contributed by atoms with E-state index >= 15 is 0 Å². The molecule has 162 valence electrons. The molecule has 0 aliphatic carbocycles. The fourth-order valence-corrected chi connectivity index (χ4v) is 4.66. The predicted molar refractivity (Wildman–Crippen MR) is 122 cm³/mol. The van der Waals surface area contributed by atoms with Crippen molar-refractivity contribution in [3.8, 4) is 22.6 Å². The number of hydrogen-bond acceptors (Lipinski definition) is 5. The fourth-order valence-electron chi connectivity index (χ4n) is 4.66. The van der Waals surface area contributed by atoms with E-state index in [2.05, 4.69) is 47.4 Å². The smallest absolute Gasteiger partial charge is 0.130 e. The number of aliphatic hydroxyl groups excluding tert-OH is 2. The van der Waals surface area contributed by atoms with Gasteiger partial charge in [0.05, 0.1) is 12.7 Å². The van der Waals surface area contributed by atoms with Gasteiger partial charge in [0.25, 0.3) is 0 Å². The molecular weight excluding hydrogens is 390 g/mol. The quantitative estimate of drug-likeness (QED) is 0.639. The minimum absolute atomic E-state index is 0.205. The minimum Gasteiger partial charge on any atom is -0.492 e. The highest BCUT2D eigenvalue weighted by Gasteiger charge is 2.21. The second-order valence-corrected chi connectivity index (χ2v) is 8.58. The van der Waals surface area contributed by atoms with Crippen molar-refractivity contribution in [2.24, 2.45) is 0 Å². The van der Waals surface area contributed by atoms with E-state index in [0.717, 1.165) is 72.4 Å². The van der Waals surface area contributed by atoms with Gasteiger partial charge in [-0.05, 0) is 46.9 Å². The van der Waals surface area contributed by atoms with Crippen LogP contribution >= 0.6 is 0 Å². The summed E-state index contributed by atoms with van der Waals surface area (Å²) >= 11 is 0. The van der Waals surface area contributed by atoms with Gasteiger partial charge in [0.15, 0.2) is 0 Å². The number of piperidine rings is 1.